The van der Waals surface area contributed by atoms with Crippen LogP contribution in [0.1, 0.15) is 12.0 Å². The molecule has 0 saturated heterocycles. The van der Waals surface area contributed by atoms with Crippen molar-refractivity contribution in [2.75, 3.05) is 0 Å². The molecule has 0 spiro atoms. The average Bonchev–Trinajstić information content (AvgIpc) is 2.46. The summed E-state index contributed by atoms with van der Waals surface area (Å²) in [5, 5.41) is 8.73. The summed E-state index contributed by atoms with van der Waals surface area (Å²) in [7, 11) is 0. The summed E-state index contributed by atoms with van der Waals surface area (Å²) >= 11 is 0. The monoisotopic (exact) mass is 255 g/mol. The summed E-state index contributed by atoms with van der Waals surface area (Å²) in [6.45, 7) is 0. The van der Waals surface area contributed by atoms with Gasteiger partial charge < -0.3 is 10.8 Å². The maximum Gasteiger partial charge on any atom is 0.320 e. The van der Waals surface area contributed by atoms with Crippen molar-refractivity contribution in [1.29, 1.82) is 0 Å². The van der Waals surface area contributed by atoms with Gasteiger partial charge in [-0.1, -0.05) is 54.6 Å². The van der Waals surface area contributed by atoms with E-state index in [-0.39, 0.29) is 0 Å². The summed E-state index contributed by atoms with van der Waals surface area (Å²) in [6, 6.07) is 17.5. The second-order valence-corrected chi connectivity index (χ2v) is 4.55. The van der Waals surface area contributed by atoms with Gasteiger partial charge in [-0.25, -0.2) is 0 Å². The van der Waals surface area contributed by atoms with Gasteiger partial charge in [0, 0.05) is 0 Å². The first-order chi connectivity index (χ1) is 9.16. The highest BCUT2D eigenvalue weighted by Crippen LogP contribution is 2.19. The maximum atomic E-state index is 10.6. The topological polar surface area (TPSA) is 63.3 Å². The van der Waals surface area contributed by atoms with Crippen molar-refractivity contribution >= 4 is 5.97 Å². The summed E-state index contributed by atoms with van der Waals surface area (Å²) in [5.41, 5.74) is 8.93. The fraction of sp³-hybridized carbons (Fsp3) is 0.188. The highest BCUT2D eigenvalue weighted by atomic mass is 16.4. The molecule has 3 N–H and O–H groups in total. The molecule has 3 nitrogen and oxygen atoms in total. The van der Waals surface area contributed by atoms with Crippen LogP contribution in [0.25, 0.3) is 11.1 Å². The molecule has 19 heavy (non-hydrogen) atoms. The third-order valence-corrected chi connectivity index (χ3v) is 3.12. The van der Waals surface area contributed by atoms with Crippen molar-refractivity contribution in [1.82, 2.24) is 0 Å². The number of carbonyl (C=O) groups is 1. The Balaban J connectivity index is 2.01. The Morgan fingerprint density at radius 2 is 1.58 bits per heavy atom. The van der Waals surface area contributed by atoms with Gasteiger partial charge in [-0.2, -0.15) is 0 Å². The van der Waals surface area contributed by atoms with Gasteiger partial charge in [-0.05, 0) is 29.5 Å². The molecule has 0 aliphatic heterocycles. The highest BCUT2D eigenvalue weighted by molar-refractivity contribution is 5.73. The van der Waals surface area contributed by atoms with Crippen molar-refractivity contribution in [3.05, 3.63) is 60.2 Å². The average molecular weight is 255 g/mol. The lowest BCUT2D eigenvalue weighted by Gasteiger charge is -2.07. The largest absolute Gasteiger partial charge is 0.480 e. The number of carboxylic acids is 1. The molecular weight excluding hydrogens is 238 g/mol. The smallest absolute Gasteiger partial charge is 0.320 e. The van der Waals surface area contributed by atoms with Crippen molar-refractivity contribution in [2.45, 2.75) is 18.9 Å². The van der Waals surface area contributed by atoms with Gasteiger partial charge in [-0.3, -0.25) is 4.79 Å². The number of rotatable bonds is 5. The molecule has 2 aromatic carbocycles. The zero-order chi connectivity index (χ0) is 13.7. The van der Waals surface area contributed by atoms with E-state index in [4.69, 9.17) is 10.8 Å². The molecule has 0 aliphatic carbocycles. The summed E-state index contributed by atoms with van der Waals surface area (Å²) < 4.78 is 0. The molecule has 1 atom stereocenters. The van der Waals surface area contributed by atoms with E-state index in [1.807, 2.05) is 30.3 Å². The van der Waals surface area contributed by atoms with E-state index in [1.54, 1.807) is 0 Å². The number of aryl methyl sites for hydroxylation is 1. The Morgan fingerprint density at radius 1 is 1.00 bits per heavy atom. The lowest BCUT2D eigenvalue weighted by Crippen LogP contribution is -2.30. The molecule has 0 radical (unpaired) electrons. The summed E-state index contributed by atoms with van der Waals surface area (Å²) in [4.78, 5) is 10.6. The fourth-order valence-corrected chi connectivity index (χ4v) is 1.94. The first-order valence-corrected chi connectivity index (χ1v) is 6.29. The van der Waals surface area contributed by atoms with Crippen LogP contribution in [0, 0.1) is 0 Å². The van der Waals surface area contributed by atoms with E-state index in [0.29, 0.717) is 12.8 Å². The molecule has 0 aliphatic rings. The van der Waals surface area contributed by atoms with Gasteiger partial charge >= 0.3 is 5.97 Å². The SMILES string of the molecule is NC(CCc1ccc(-c2ccccc2)cc1)C(=O)O. The van der Waals surface area contributed by atoms with E-state index in [1.165, 1.54) is 5.56 Å². The molecule has 0 fully saturated rings. The number of benzene rings is 2. The Morgan fingerprint density at radius 3 is 2.16 bits per heavy atom. The van der Waals surface area contributed by atoms with Crippen LogP contribution in [-0.2, 0) is 11.2 Å². The minimum atomic E-state index is -0.944. The van der Waals surface area contributed by atoms with Gasteiger partial charge in [0.15, 0.2) is 0 Å². The summed E-state index contributed by atoms with van der Waals surface area (Å²) in [6.07, 6.45) is 1.14. The summed E-state index contributed by atoms with van der Waals surface area (Å²) in [5.74, 6) is -0.944. The second-order valence-electron chi connectivity index (χ2n) is 4.55. The molecule has 2 aromatic rings. The fourth-order valence-electron chi connectivity index (χ4n) is 1.94. The molecule has 0 aromatic heterocycles. The van der Waals surface area contributed by atoms with E-state index >= 15 is 0 Å². The van der Waals surface area contributed by atoms with Crippen LogP contribution in [0.2, 0.25) is 0 Å². The molecule has 0 heterocycles. The van der Waals surface area contributed by atoms with Crippen LogP contribution >= 0.6 is 0 Å². The Labute approximate surface area is 112 Å². The van der Waals surface area contributed by atoms with Gasteiger partial charge in [0.2, 0.25) is 0 Å². The molecule has 0 saturated carbocycles. The van der Waals surface area contributed by atoms with Gasteiger partial charge in [0.25, 0.3) is 0 Å². The molecule has 0 bridgehead atoms. The van der Waals surface area contributed by atoms with Crippen LogP contribution in [-0.4, -0.2) is 17.1 Å². The second kappa shape index (κ2) is 6.16. The first kappa shape index (κ1) is 13.3. The zero-order valence-electron chi connectivity index (χ0n) is 10.6. The predicted molar refractivity (Wildman–Crippen MR) is 75.8 cm³/mol. The van der Waals surface area contributed by atoms with E-state index in [0.717, 1.165) is 11.1 Å². The quantitative estimate of drug-likeness (QED) is 0.863. The van der Waals surface area contributed by atoms with Gasteiger partial charge in [0.1, 0.15) is 6.04 Å². The molecule has 1 unspecified atom stereocenters. The Kier molecular flexibility index (Phi) is 4.31. The number of nitrogens with two attached hydrogens (primary N) is 1. The van der Waals surface area contributed by atoms with Crippen LogP contribution in [0.15, 0.2) is 54.6 Å². The number of hydrogen-bond donors (Lipinski definition) is 2. The van der Waals surface area contributed by atoms with Crippen LogP contribution < -0.4 is 5.73 Å². The normalized spacial score (nSPS) is 12.1. The number of hydrogen-bond acceptors (Lipinski definition) is 2. The van der Waals surface area contributed by atoms with Crippen LogP contribution in [0.3, 0.4) is 0 Å². The lowest BCUT2D eigenvalue weighted by molar-refractivity contribution is -0.138. The zero-order valence-corrected chi connectivity index (χ0v) is 10.6. The van der Waals surface area contributed by atoms with E-state index in [9.17, 15) is 4.79 Å². The van der Waals surface area contributed by atoms with Crippen molar-refractivity contribution in [2.24, 2.45) is 5.73 Å². The predicted octanol–water partition coefficient (Wildman–Crippen LogP) is 2.70. The third kappa shape index (κ3) is 3.66. The van der Waals surface area contributed by atoms with Crippen molar-refractivity contribution in [3.8, 4) is 11.1 Å². The van der Waals surface area contributed by atoms with Gasteiger partial charge in [-0.15, -0.1) is 0 Å². The Hall–Kier alpha value is -2.13. The number of aliphatic carboxylic acids is 1. The van der Waals surface area contributed by atoms with E-state index in [2.05, 4.69) is 24.3 Å². The van der Waals surface area contributed by atoms with Crippen LogP contribution in [0.4, 0.5) is 0 Å². The number of carboxylic acid groups (broad SMARTS) is 1. The minimum absolute atomic E-state index is 0.458. The Bertz CT molecular complexity index is 534. The molecule has 98 valence electrons. The highest BCUT2D eigenvalue weighted by Gasteiger charge is 2.10. The van der Waals surface area contributed by atoms with Crippen molar-refractivity contribution < 1.29 is 9.90 Å². The molecule has 2 rings (SSSR count). The van der Waals surface area contributed by atoms with Crippen LogP contribution in [0.5, 0.6) is 0 Å². The lowest BCUT2D eigenvalue weighted by atomic mass is 10.0. The minimum Gasteiger partial charge on any atom is -0.480 e. The standard InChI is InChI=1S/C16H17NO2/c17-15(16(18)19)11-8-12-6-9-14(10-7-12)13-4-2-1-3-5-13/h1-7,9-10,15H,8,11,17H2,(H,18,19). The molecular formula is C16H17NO2. The third-order valence-electron chi connectivity index (χ3n) is 3.12. The maximum absolute atomic E-state index is 10.6. The molecule has 0 amide bonds. The molecule has 3 heteroatoms. The van der Waals surface area contributed by atoms with Gasteiger partial charge in [0.05, 0.1) is 0 Å². The first-order valence-electron chi connectivity index (χ1n) is 6.29. The van der Waals surface area contributed by atoms with Crippen molar-refractivity contribution in [3.63, 3.8) is 0 Å². The van der Waals surface area contributed by atoms with E-state index < -0.39 is 12.0 Å².